The molecule has 7 heteroatoms. The van der Waals surface area contributed by atoms with Crippen molar-refractivity contribution in [1.29, 1.82) is 0 Å². The van der Waals surface area contributed by atoms with E-state index < -0.39 is 17.7 Å². The van der Waals surface area contributed by atoms with E-state index in [0.717, 1.165) is 32.1 Å². The standard InChI is InChI=1S/C16H26N4O3/c1-3-4-5-6-7-8-14(22)19-12(11-13(17)21)15(23)16-18-9-10-20(16)2/h9-10,12H,3-8,11H2,1-2H3,(H2,17,21)(H,19,22)/t12-/m1/s1. The van der Waals surface area contributed by atoms with Gasteiger partial charge in [0.25, 0.3) is 0 Å². The Morgan fingerprint density at radius 2 is 1.96 bits per heavy atom. The Kier molecular flexibility index (Phi) is 8.01. The third-order valence-corrected chi connectivity index (χ3v) is 3.61. The third kappa shape index (κ3) is 6.63. The van der Waals surface area contributed by atoms with Gasteiger partial charge >= 0.3 is 0 Å². The van der Waals surface area contributed by atoms with Gasteiger partial charge in [0.2, 0.25) is 17.6 Å². The van der Waals surface area contributed by atoms with Crippen molar-refractivity contribution in [2.45, 2.75) is 57.9 Å². The zero-order valence-corrected chi connectivity index (χ0v) is 13.9. The quantitative estimate of drug-likeness (QED) is 0.473. The molecule has 0 aliphatic heterocycles. The number of ketones is 1. The van der Waals surface area contributed by atoms with Crippen molar-refractivity contribution in [1.82, 2.24) is 14.9 Å². The van der Waals surface area contributed by atoms with Crippen LogP contribution in [0.1, 0.15) is 62.5 Å². The molecule has 0 bridgehead atoms. The maximum atomic E-state index is 12.4. The number of imidazole rings is 1. The monoisotopic (exact) mass is 322 g/mol. The topological polar surface area (TPSA) is 107 Å². The summed E-state index contributed by atoms with van der Waals surface area (Å²) in [5.74, 6) is -1.09. The smallest absolute Gasteiger partial charge is 0.220 e. The van der Waals surface area contributed by atoms with Crippen molar-refractivity contribution in [3.63, 3.8) is 0 Å². The molecule has 1 atom stereocenters. The lowest BCUT2D eigenvalue weighted by atomic mass is 10.1. The first-order valence-electron chi connectivity index (χ1n) is 8.05. The van der Waals surface area contributed by atoms with Crippen molar-refractivity contribution in [2.24, 2.45) is 12.8 Å². The minimum Gasteiger partial charge on any atom is -0.370 e. The molecule has 1 aromatic rings. The summed E-state index contributed by atoms with van der Waals surface area (Å²) in [6.07, 6.45) is 8.38. The number of rotatable bonds is 11. The maximum Gasteiger partial charge on any atom is 0.220 e. The molecule has 3 N–H and O–H groups in total. The van der Waals surface area contributed by atoms with Crippen LogP contribution < -0.4 is 11.1 Å². The Labute approximate surface area is 136 Å². The van der Waals surface area contributed by atoms with Gasteiger partial charge in [-0.15, -0.1) is 0 Å². The van der Waals surface area contributed by atoms with Gasteiger partial charge in [-0.25, -0.2) is 4.98 Å². The summed E-state index contributed by atoms with van der Waals surface area (Å²) in [6.45, 7) is 2.13. The van der Waals surface area contributed by atoms with Gasteiger partial charge in [0.05, 0.1) is 6.42 Å². The Hall–Kier alpha value is -2.18. The lowest BCUT2D eigenvalue weighted by Gasteiger charge is -2.16. The second-order valence-corrected chi connectivity index (χ2v) is 5.68. The third-order valence-electron chi connectivity index (χ3n) is 3.61. The number of hydrogen-bond acceptors (Lipinski definition) is 4. The number of Topliss-reactive ketones (excluding diaryl/α,β-unsaturated/α-hetero) is 1. The Bertz CT molecular complexity index is 539. The number of nitrogens with one attached hydrogen (secondary N) is 1. The Morgan fingerprint density at radius 3 is 2.52 bits per heavy atom. The minimum absolute atomic E-state index is 0.194. The van der Waals surface area contributed by atoms with E-state index in [1.54, 1.807) is 17.8 Å². The number of amides is 2. The number of aryl methyl sites for hydroxylation is 1. The van der Waals surface area contributed by atoms with Crippen LogP contribution in [-0.2, 0) is 16.6 Å². The van der Waals surface area contributed by atoms with Gasteiger partial charge in [-0.05, 0) is 6.42 Å². The zero-order valence-electron chi connectivity index (χ0n) is 13.9. The molecule has 0 saturated carbocycles. The molecule has 0 aromatic carbocycles. The lowest BCUT2D eigenvalue weighted by molar-refractivity contribution is -0.122. The highest BCUT2D eigenvalue weighted by atomic mass is 16.2. The van der Waals surface area contributed by atoms with Crippen molar-refractivity contribution in [3.8, 4) is 0 Å². The molecule has 1 aromatic heterocycles. The van der Waals surface area contributed by atoms with E-state index in [2.05, 4.69) is 17.2 Å². The molecule has 0 saturated heterocycles. The van der Waals surface area contributed by atoms with E-state index in [0.29, 0.717) is 6.42 Å². The highest BCUT2D eigenvalue weighted by molar-refractivity contribution is 6.01. The van der Waals surface area contributed by atoms with Gasteiger partial charge in [-0.1, -0.05) is 32.6 Å². The fraction of sp³-hybridized carbons (Fsp3) is 0.625. The van der Waals surface area contributed by atoms with E-state index >= 15 is 0 Å². The number of hydrogen-bond donors (Lipinski definition) is 2. The summed E-state index contributed by atoms with van der Waals surface area (Å²) in [6, 6.07) is -0.961. The number of carbonyl (C=O) groups is 3. The molecule has 1 rings (SSSR count). The Balaban J connectivity index is 2.57. The summed E-state index contributed by atoms with van der Waals surface area (Å²) in [7, 11) is 1.68. The van der Waals surface area contributed by atoms with Crippen LogP contribution in [0.3, 0.4) is 0 Å². The van der Waals surface area contributed by atoms with Gasteiger partial charge in [0.1, 0.15) is 6.04 Å². The largest absolute Gasteiger partial charge is 0.370 e. The van der Waals surface area contributed by atoms with Crippen LogP contribution in [0, 0.1) is 0 Å². The normalized spacial score (nSPS) is 11.9. The second kappa shape index (κ2) is 9.76. The van der Waals surface area contributed by atoms with Crippen LogP contribution >= 0.6 is 0 Å². The van der Waals surface area contributed by atoms with E-state index in [9.17, 15) is 14.4 Å². The van der Waals surface area contributed by atoms with E-state index in [-0.39, 0.29) is 18.2 Å². The molecule has 1 heterocycles. The molecule has 0 aliphatic rings. The van der Waals surface area contributed by atoms with Gasteiger partial charge in [-0.3, -0.25) is 14.4 Å². The predicted octanol–water partition coefficient (Wildman–Crippen LogP) is 1.32. The van der Waals surface area contributed by atoms with Crippen molar-refractivity contribution >= 4 is 17.6 Å². The van der Waals surface area contributed by atoms with Gasteiger partial charge in [-0.2, -0.15) is 0 Å². The van der Waals surface area contributed by atoms with Crippen LogP contribution in [0.2, 0.25) is 0 Å². The summed E-state index contributed by atoms with van der Waals surface area (Å²) >= 11 is 0. The fourth-order valence-corrected chi connectivity index (χ4v) is 2.32. The fourth-order valence-electron chi connectivity index (χ4n) is 2.32. The molecule has 7 nitrogen and oxygen atoms in total. The summed E-state index contributed by atoms with van der Waals surface area (Å²) in [4.78, 5) is 39.5. The molecule has 0 radical (unpaired) electrons. The first kappa shape index (κ1) is 18.9. The maximum absolute atomic E-state index is 12.4. The SMILES string of the molecule is CCCCCCCC(=O)N[C@H](CC(N)=O)C(=O)c1nccn1C. The van der Waals surface area contributed by atoms with Crippen LogP contribution in [0.25, 0.3) is 0 Å². The van der Waals surface area contributed by atoms with Gasteiger partial charge < -0.3 is 15.6 Å². The van der Waals surface area contributed by atoms with E-state index in [1.807, 2.05) is 0 Å². The van der Waals surface area contributed by atoms with Crippen LogP contribution in [0.5, 0.6) is 0 Å². The van der Waals surface area contributed by atoms with Crippen molar-refractivity contribution in [3.05, 3.63) is 18.2 Å². The molecule has 2 amide bonds. The molecular formula is C16H26N4O3. The summed E-state index contributed by atoms with van der Waals surface area (Å²) in [5, 5.41) is 2.61. The van der Waals surface area contributed by atoms with Crippen molar-refractivity contribution < 1.29 is 14.4 Å². The molecule has 0 fully saturated rings. The second-order valence-electron chi connectivity index (χ2n) is 5.68. The van der Waals surface area contributed by atoms with Crippen LogP contribution in [-0.4, -0.2) is 33.2 Å². The minimum atomic E-state index is -0.961. The first-order valence-corrected chi connectivity index (χ1v) is 8.05. The summed E-state index contributed by atoms with van der Waals surface area (Å²) in [5.41, 5.74) is 5.18. The summed E-state index contributed by atoms with van der Waals surface area (Å²) < 4.78 is 1.55. The van der Waals surface area contributed by atoms with E-state index in [1.165, 1.54) is 6.20 Å². The number of nitrogens with zero attached hydrogens (tertiary/aromatic N) is 2. The molecular weight excluding hydrogens is 296 g/mol. The zero-order chi connectivity index (χ0) is 17.2. The number of primary amides is 1. The molecule has 0 aliphatic carbocycles. The average molecular weight is 322 g/mol. The lowest BCUT2D eigenvalue weighted by Crippen LogP contribution is -2.44. The number of aromatic nitrogens is 2. The average Bonchev–Trinajstić information content (AvgIpc) is 2.91. The van der Waals surface area contributed by atoms with Crippen molar-refractivity contribution in [2.75, 3.05) is 0 Å². The molecule has 23 heavy (non-hydrogen) atoms. The van der Waals surface area contributed by atoms with Crippen LogP contribution in [0.15, 0.2) is 12.4 Å². The predicted molar refractivity (Wildman–Crippen MR) is 86.7 cm³/mol. The molecule has 0 spiro atoms. The molecule has 128 valence electrons. The number of unbranched alkanes of at least 4 members (excludes halogenated alkanes) is 4. The highest BCUT2D eigenvalue weighted by Crippen LogP contribution is 2.07. The molecule has 0 unspecified atom stereocenters. The first-order chi connectivity index (χ1) is 11.0. The Morgan fingerprint density at radius 1 is 1.26 bits per heavy atom. The number of nitrogens with two attached hydrogens (primary N) is 1. The van der Waals surface area contributed by atoms with E-state index in [4.69, 9.17) is 5.73 Å². The highest BCUT2D eigenvalue weighted by Gasteiger charge is 2.26. The van der Waals surface area contributed by atoms with Crippen LogP contribution in [0.4, 0.5) is 0 Å². The van der Waals surface area contributed by atoms with Gasteiger partial charge in [0.15, 0.2) is 5.82 Å². The van der Waals surface area contributed by atoms with Gasteiger partial charge in [0, 0.05) is 25.9 Å². The number of carbonyl (C=O) groups excluding carboxylic acids is 3.